The number of allylic oxidation sites excluding steroid dienone is 6. The van der Waals surface area contributed by atoms with Gasteiger partial charge in [-0.1, -0.05) is 12.2 Å². The zero-order chi connectivity index (χ0) is 6.43. The first-order valence-corrected chi connectivity index (χ1v) is 2.72. The molecule has 0 amide bonds. The summed E-state index contributed by atoms with van der Waals surface area (Å²) in [4.78, 5) is 0. The SMILES string of the molecule is Br.FC1=C2C=CC(=C1)C2F. The summed E-state index contributed by atoms with van der Waals surface area (Å²) in [6, 6.07) is 0. The van der Waals surface area contributed by atoms with Gasteiger partial charge in [0.2, 0.25) is 0 Å². The second-order valence-electron chi connectivity index (χ2n) is 2.14. The van der Waals surface area contributed by atoms with Crippen molar-refractivity contribution in [3.8, 4) is 0 Å². The van der Waals surface area contributed by atoms with E-state index in [1.807, 2.05) is 0 Å². The van der Waals surface area contributed by atoms with Crippen LogP contribution in [0.5, 0.6) is 0 Å². The highest BCUT2D eigenvalue weighted by molar-refractivity contribution is 8.93. The monoisotopic (exact) mass is 206 g/mol. The lowest BCUT2D eigenvalue weighted by Crippen LogP contribution is -1.93. The molecule has 2 aliphatic carbocycles. The Morgan fingerprint density at radius 2 is 2.00 bits per heavy atom. The van der Waals surface area contributed by atoms with Crippen LogP contribution in [0.4, 0.5) is 8.78 Å². The van der Waals surface area contributed by atoms with Crippen molar-refractivity contribution in [2.24, 2.45) is 0 Å². The molecule has 0 aromatic heterocycles. The van der Waals surface area contributed by atoms with Crippen molar-refractivity contribution in [2.75, 3.05) is 0 Å². The van der Waals surface area contributed by atoms with Crippen LogP contribution in [0.15, 0.2) is 35.2 Å². The molecular weight excluding hydrogens is 202 g/mol. The van der Waals surface area contributed by atoms with Crippen molar-refractivity contribution in [1.29, 1.82) is 0 Å². The maximum Gasteiger partial charge on any atom is 0.153 e. The van der Waals surface area contributed by atoms with Crippen molar-refractivity contribution in [3.63, 3.8) is 0 Å². The molecule has 2 bridgehead atoms. The van der Waals surface area contributed by atoms with Crippen molar-refractivity contribution >= 4 is 17.0 Å². The van der Waals surface area contributed by atoms with Gasteiger partial charge in [-0.2, -0.15) is 0 Å². The molecule has 0 N–H and O–H groups in total. The summed E-state index contributed by atoms with van der Waals surface area (Å²) in [5, 5.41) is 0. The minimum atomic E-state index is -1.18. The summed E-state index contributed by atoms with van der Waals surface area (Å²) in [6.45, 7) is 0. The number of hydrogen-bond donors (Lipinski definition) is 0. The maximum absolute atomic E-state index is 12.6. The molecule has 0 aliphatic heterocycles. The highest BCUT2D eigenvalue weighted by Crippen LogP contribution is 2.36. The van der Waals surface area contributed by atoms with Gasteiger partial charge in [0.1, 0.15) is 5.83 Å². The molecule has 10 heavy (non-hydrogen) atoms. The molecule has 54 valence electrons. The second-order valence-corrected chi connectivity index (χ2v) is 2.14. The third-order valence-electron chi connectivity index (χ3n) is 1.59. The molecular formula is C7H5BrF2. The highest BCUT2D eigenvalue weighted by Gasteiger charge is 2.29. The van der Waals surface area contributed by atoms with Gasteiger partial charge in [0.25, 0.3) is 0 Å². The molecule has 0 saturated heterocycles. The van der Waals surface area contributed by atoms with Crippen LogP contribution in [0.2, 0.25) is 0 Å². The van der Waals surface area contributed by atoms with Crippen molar-refractivity contribution in [1.82, 2.24) is 0 Å². The summed E-state index contributed by atoms with van der Waals surface area (Å²) >= 11 is 0. The molecule has 0 aromatic rings. The van der Waals surface area contributed by atoms with E-state index in [2.05, 4.69) is 0 Å². The molecule has 2 aliphatic rings. The number of fused-ring (bicyclic) bond motifs is 2. The lowest BCUT2D eigenvalue weighted by molar-refractivity contribution is 0.450. The van der Waals surface area contributed by atoms with E-state index in [1.54, 1.807) is 6.08 Å². The number of alkyl halides is 1. The lowest BCUT2D eigenvalue weighted by Gasteiger charge is -1.92. The van der Waals surface area contributed by atoms with E-state index in [0.717, 1.165) is 0 Å². The summed E-state index contributed by atoms with van der Waals surface area (Å²) in [5.41, 5.74) is 0.632. The van der Waals surface area contributed by atoms with Crippen molar-refractivity contribution in [2.45, 2.75) is 6.17 Å². The minimum Gasteiger partial charge on any atom is -0.237 e. The number of hydrogen-bond acceptors (Lipinski definition) is 0. The average Bonchev–Trinajstić information content (AvgIpc) is 2.25. The van der Waals surface area contributed by atoms with Gasteiger partial charge in [-0.05, 0) is 11.6 Å². The summed E-state index contributed by atoms with van der Waals surface area (Å²) in [6.07, 6.45) is 3.14. The Bertz CT molecular complexity index is 250. The first-order valence-electron chi connectivity index (χ1n) is 2.72. The molecule has 0 saturated carbocycles. The predicted octanol–water partition coefficient (Wildman–Crippen LogP) is 2.64. The van der Waals surface area contributed by atoms with Gasteiger partial charge in [-0.3, -0.25) is 0 Å². The quantitative estimate of drug-likeness (QED) is 0.572. The van der Waals surface area contributed by atoms with Gasteiger partial charge >= 0.3 is 0 Å². The third kappa shape index (κ3) is 0.770. The molecule has 2 rings (SSSR count). The summed E-state index contributed by atoms with van der Waals surface area (Å²) in [7, 11) is 0. The van der Waals surface area contributed by atoms with Gasteiger partial charge in [0.05, 0.1) is 0 Å². The van der Waals surface area contributed by atoms with E-state index in [0.29, 0.717) is 5.57 Å². The van der Waals surface area contributed by atoms with Crippen LogP contribution in [0.1, 0.15) is 0 Å². The Hall–Kier alpha value is -0.440. The van der Waals surface area contributed by atoms with Gasteiger partial charge < -0.3 is 0 Å². The van der Waals surface area contributed by atoms with Gasteiger partial charge in [0, 0.05) is 5.57 Å². The van der Waals surface area contributed by atoms with Crippen molar-refractivity contribution < 1.29 is 8.78 Å². The molecule has 0 fully saturated rings. The second kappa shape index (κ2) is 2.31. The van der Waals surface area contributed by atoms with Gasteiger partial charge in [-0.15, -0.1) is 17.0 Å². The average molecular weight is 207 g/mol. The van der Waals surface area contributed by atoms with Crippen LogP contribution in [0, 0.1) is 0 Å². The molecule has 0 radical (unpaired) electrons. The fraction of sp³-hybridized carbons (Fsp3) is 0.143. The normalized spacial score (nSPS) is 27.0. The van der Waals surface area contributed by atoms with E-state index in [9.17, 15) is 8.78 Å². The zero-order valence-electron chi connectivity index (χ0n) is 4.97. The first-order chi connectivity index (χ1) is 4.29. The number of rotatable bonds is 0. The highest BCUT2D eigenvalue weighted by atomic mass is 79.9. The Morgan fingerprint density at radius 1 is 1.30 bits per heavy atom. The standard InChI is InChI=1S/C7H4F2.BrH/c8-6-3-4-1-2-5(6)7(4)9;/h1-3,7H;1H. The Kier molecular flexibility index (Phi) is 1.77. The third-order valence-corrected chi connectivity index (χ3v) is 1.59. The van der Waals surface area contributed by atoms with E-state index >= 15 is 0 Å². The molecule has 0 heterocycles. The lowest BCUT2D eigenvalue weighted by atomic mass is 10.2. The maximum atomic E-state index is 12.6. The van der Waals surface area contributed by atoms with E-state index < -0.39 is 12.0 Å². The largest absolute Gasteiger partial charge is 0.237 e. The van der Waals surface area contributed by atoms with E-state index in [-0.39, 0.29) is 22.6 Å². The van der Waals surface area contributed by atoms with E-state index in [4.69, 9.17) is 0 Å². The molecule has 1 atom stereocenters. The minimum absolute atomic E-state index is 0. The first kappa shape index (κ1) is 7.66. The Morgan fingerprint density at radius 3 is 2.20 bits per heavy atom. The van der Waals surface area contributed by atoms with Crippen LogP contribution in [0.25, 0.3) is 0 Å². The molecule has 0 nitrogen and oxygen atoms in total. The van der Waals surface area contributed by atoms with Crippen LogP contribution < -0.4 is 0 Å². The summed E-state index contributed by atoms with van der Waals surface area (Å²) < 4.78 is 25.0. The zero-order valence-corrected chi connectivity index (χ0v) is 6.69. The predicted molar refractivity (Wildman–Crippen MR) is 40.6 cm³/mol. The number of halogens is 3. The Labute approximate surface area is 67.7 Å². The summed E-state index contributed by atoms with van der Waals surface area (Å²) in [5.74, 6) is -0.417. The van der Waals surface area contributed by atoms with Crippen LogP contribution in [-0.2, 0) is 0 Å². The van der Waals surface area contributed by atoms with Crippen LogP contribution >= 0.6 is 17.0 Å². The van der Waals surface area contributed by atoms with Gasteiger partial charge in [-0.25, -0.2) is 8.78 Å². The smallest absolute Gasteiger partial charge is 0.153 e. The Balaban J connectivity index is 0.000000500. The molecule has 3 heteroatoms. The molecule has 0 spiro atoms. The fourth-order valence-corrected chi connectivity index (χ4v) is 1.09. The fourth-order valence-electron chi connectivity index (χ4n) is 1.09. The van der Waals surface area contributed by atoms with Crippen LogP contribution in [-0.4, -0.2) is 6.17 Å². The van der Waals surface area contributed by atoms with Gasteiger partial charge in [0.15, 0.2) is 6.17 Å². The topological polar surface area (TPSA) is 0 Å². The van der Waals surface area contributed by atoms with Crippen molar-refractivity contribution in [3.05, 3.63) is 35.2 Å². The van der Waals surface area contributed by atoms with E-state index in [1.165, 1.54) is 12.2 Å². The molecule has 0 aromatic carbocycles. The molecule has 1 unspecified atom stereocenters. The van der Waals surface area contributed by atoms with Crippen LogP contribution in [0.3, 0.4) is 0 Å².